The molecule has 0 bridgehead atoms. The maximum atomic E-state index is 13.6. The van der Waals surface area contributed by atoms with Gasteiger partial charge in [0.15, 0.2) is 0 Å². The molecule has 3 aliphatic rings. The van der Waals surface area contributed by atoms with Gasteiger partial charge in [-0.1, -0.05) is 6.07 Å². The Morgan fingerprint density at radius 1 is 0.909 bits per heavy atom. The number of halogens is 6. The maximum Gasteiger partial charge on any atom is 0.490 e. The molecule has 2 N–H and O–H groups in total. The zero-order valence-electron chi connectivity index (χ0n) is 23.9. The Morgan fingerprint density at radius 3 is 1.95 bits per heavy atom. The van der Waals surface area contributed by atoms with Crippen LogP contribution in [0.1, 0.15) is 37.3 Å². The smallest absolute Gasteiger partial charge is 0.475 e. The lowest BCUT2D eigenvalue weighted by atomic mass is 9.60. The lowest BCUT2D eigenvalue weighted by Crippen LogP contribution is -2.52. The fourth-order valence-electron chi connectivity index (χ4n) is 6.24. The van der Waals surface area contributed by atoms with Gasteiger partial charge in [0.25, 0.3) is 0 Å². The van der Waals surface area contributed by atoms with Crippen LogP contribution in [0.2, 0.25) is 0 Å². The molecule has 244 valence electrons. The van der Waals surface area contributed by atoms with Crippen molar-refractivity contribution in [2.75, 3.05) is 39.3 Å². The average molecular weight is 653 g/mol. The van der Waals surface area contributed by atoms with Crippen LogP contribution in [0.4, 0.5) is 26.3 Å². The summed E-state index contributed by atoms with van der Waals surface area (Å²) in [4.78, 5) is 43.0. The van der Waals surface area contributed by atoms with Gasteiger partial charge in [0.1, 0.15) is 0 Å². The molecule has 3 aliphatic heterocycles. The van der Waals surface area contributed by atoms with Crippen molar-refractivity contribution >= 4 is 29.2 Å². The fourth-order valence-corrected chi connectivity index (χ4v) is 6.90. The van der Waals surface area contributed by atoms with Crippen LogP contribution in [0.15, 0.2) is 41.4 Å². The quantitative estimate of drug-likeness (QED) is 0.446. The highest BCUT2D eigenvalue weighted by molar-refractivity contribution is 7.07. The molecule has 16 heteroatoms. The first kappa shape index (κ1) is 35.2. The van der Waals surface area contributed by atoms with Crippen molar-refractivity contribution in [3.8, 4) is 0 Å². The minimum atomic E-state index is -5.08. The number of carboxylic acids is 2. The monoisotopic (exact) mass is 652 g/mol. The molecular formula is C28H34F6N4O5S. The van der Waals surface area contributed by atoms with Crippen LogP contribution >= 0.6 is 11.3 Å². The summed E-state index contributed by atoms with van der Waals surface area (Å²) in [5.41, 5.74) is 2.59. The van der Waals surface area contributed by atoms with Crippen LogP contribution in [-0.2, 0) is 27.5 Å². The van der Waals surface area contributed by atoms with Gasteiger partial charge in [-0.2, -0.15) is 37.7 Å². The molecule has 3 saturated heterocycles. The van der Waals surface area contributed by atoms with Gasteiger partial charge in [0, 0.05) is 57.1 Å². The van der Waals surface area contributed by atoms with Crippen molar-refractivity contribution < 1.29 is 50.9 Å². The Morgan fingerprint density at radius 2 is 1.50 bits per heavy atom. The number of aliphatic carboxylic acids is 2. The Kier molecular flexibility index (Phi) is 11.4. The number of carbonyl (C=O) groups excluding carboxylic acids is 1. The van der Waals surface area contributed by atoms with Gasteiger partial charge in [0.05, 0.1) is 5.41 Å². The summed E-state index contributed by atoms with van der Waals surface area (Å²) in [6.07, 6.45) is -3.09. The largest absolute Gasteiger partial charge is 0.490 e. The van der Waals surface area contributed by atoms with E-state index >= 15 is 0 Å². The Balaban J connectivity index is 0.000000317. The van der Waals surface area contributed by atoms with Crippen molar-refractivity contribution in [1.29, 1.82) is 0 Å². The molecule has 1 atom stereocenters. The number of thiophene rings is 1. The predicted molar refractivity (Wildman–Crippen MR) is 147 cm³/mol. The second-order valence-corrected chi connectivity index (χ2v) is 11.8. The Bertz CT molecular complexity index is 1230. The number of carboxylic acid groups (broad SMARTS) is 2. The number of pyridine rings is 1. The lowest BCUT2D eigenvalue weighted by Gasteiger charge is -2.47. The first-order valence-electron chi connectivity index (χ1n) is 13.8. The van der Waals surface area contributed by atoms with Crippen LogP contribution < -0.4 is 0 Å². The number of fused-ring (bicyclic) bond motifs is 1. The molecule has 0 saturated carbocycles. The van der Waals surface area contributed by atoms with Gasteiger partial charge in [0.2, 0.25) is 5.91 Å². The SMILES string of the molecule is CCN1CCC2(CN(Cc3cccnc3)CC23CCN(Cc2ccsc2)CC3)C1=O.O=C(O)C(F)(F)F.O=C(O)C(F)(F)F. The van der Waals surface area contributed by atoms with E-state index in [4.69, 9.17) is 19.8 Å². The number of carbonyl (C=O) groups is 3. The number of hydrogen-bond acceptors (Lipinski definition) is 7. The van der Waals surface area contributed by atoms with E-state index in [1.54, 1.807) is 11.3 Å². The normalized spacial score (nSPS) is 22.0. The Labute approximate surface area is 254 Å². The van der Waals surface area contributed by atoms with E-state index in [0.29, 0.717) is 5.91 Å². The fraction of sp³-hybridized carbons (Fsp3) is 0.571. The summed E-state index contributed by atoms with van der Waals surface area (Å²) in [5, 5.41) is 18.7. The molecule has 2 aromatic rings. The molecular weight excluding hydrogens is 618 g/mol. The number of rotatable bonds is 5. The molecule has 1 unspecified atom stereocenters. The number of hydrogen-bond donors (Lipinski definition) is 2. The average Bonchev–Trinajstić information content (AvgIpc) is 3.65. The molecule has 0 aromatic carbocycles. The maximum absolute atomic E-state index is 13.6. The molecule has 5 rings (SSSR count). The number of likely N-dealkylation sites (tertiary alicyclic amines) is 3. The summed E-state index contributed by atoms with van der Waals surface area (Å²) in [7, 11) is 0. The van der Waals surface area contributed by atoms with Gasteiger partial charge >= 0.3 is 24.3 Å². The molecule has 5 heterocycles. The van der Waals surface area contributed by atoms with Gasteiger partial charge in [-0.15, -0.1) is 0 Å². The number of piperidine rings is 1. The highest BCUT2D eigenvalue weighted by Crippen LogP contribution is 2.58. The van der Waals surface area contributed by atoms with Crippen LogP contribution in [0, 0.1) is 10.8 Å². The molecule has 2 spiro atoms. The molecule has 9 nitrogen and oxygen atoms in total. The summed E-state index contributed by atoms with van der Waals surface area (Å²) < 4.78 is 63.5. The molecule has 3 fully saturated rings. The number of aromatic nitrogens is 1. The van der Waals surface area contributed by atoms with Gasteiger partial charge in [-0.05, 0) is 73.3 Å². The van der Waals surface area contributed by atoms with E-state index in [9.17, 15) is 31.1 Å². The summed E-state index contributed by atoms with van der Waals surface area (Å²) in [5.74, 6) is -5.09. The predicted octanol–water partition coefficient (Wildman–Crippen LogP) is 4.75. The van der Waals surface area contributed by atoms with Crippen LogP contribution in [0.3, 0.4) is 0 Å². The van der Waals surface area contributed by atoms with E-state index in [1.807, 2.05) is 18.5 Å². The first-order chi connectivity index (χ1) is 20.5. The van der Waals surface area contributed by atoms with Gasteiger partial charge in [-0.25, -0.2) is 9.59 Å². The van der Waals surface area contributed by atoms with Gasteiger partial charge < -0.3 is 15.1 Å². The van der Waals surface area contributed by atoms with E-state index in [-0.39, 0.29) is 10.8 Å². The zero-order valence-corrected chi connectivity index (χ0v) is 24.7. The van der Waals surface area contributed by atoms with Crippen LogP contribution in [0.5, 0.6) is 0 Å². The van der Waals surface area contributed by atoms with E-state index < -0.39 is 24.3 Å². The minimum Gasteiger partial charge on any atom is -0.475 e. The second kappa shape index (κ2) is 14.2. The zero-order chi connectivity index (χ0) is 32.8. The van der Waals surface area contributed by atoms with Crippen molar-refractivity contribution in [1.82, 2.24) is 19.7 Å². The van der Waals surface area contributed by atoms with Crippen molar-refractivity contribution in [3.05, 3.63) is 52.5 Å². The third-order valence-corrected chi connectivity index (χ3v) is 9.07. The first-order valence-corrected chi connectivity index (χ1v) is 14.7. The van der Waals surface area contributed by atoms with E-state index in [1.165, 1.54) is 11.1 Å². The lowest BCUT2D eigenvalue weighted by molar-refractivity contribution is -0.193. The third-order valence-electron chi connectivity index (χ3n) is 8.34. The molecule has 0 radical (unpaired) electrons. The van der Waals surface area contributed by atoms with Gasteiger partial charge in [-0.3, -0.25) is 19.6 Å². The van der Waals surface area contributed by atoms with E-state index in [0.717, 1.165) is 71.6 Å². The molecule has 44 heavy (non-hydrogen) atoms. The standard InChI is InChI=1S/C24H32N4OS.2C2HF3O2/c1-2-28-12-8-24(22(28)29)19-27(15-20-4-3-9-25-14-20)18-23(24)6-10-26(11-7-23)16-21-5-13-30-17-21;2*3-2(4,5)1(6)7/h3-5,9,13-14,17H,2,6-8,10-12,15-16,18-19H2,1H3;2*(H,6,7). The van der Waals surface area contributed by atoms with Crippen molar-refractivity contribution in [3.63, 3.8) is 0 Å². The summed E-state index contributed by atoms with van der Waals surface area (Å²) >= 11 is 1.78. The number of nitrogens with zero attached hydrogens (tertiary/aromatic N) is 4. The van der Waals surface area contributed by atoms with Crippen LogP contribution in [-0.4, -0.2) is 99.4 Å². The van der Waals surface area contributed by atoms with Crippen LogP contribution in [0.25, 0.3) is 0 Å². The Hall–Kier alpha value is -3.24. The minimum absolute atomic E-state index is 0.112. The highest BCUT2D eigenvalue weighted by atomic mass is 32.1. The highest BCUT2D eigenvalue weighted by Gasteiger charge is 2.64. The molecule has 0 aliphatic carbocycles. The molecule has 1 amide bonds. The summed E-state index contributed by atoms with van der Waals surface area (Å²) in [6, 6.07) is 6.41. The van der Waals surface area contributed by atoms with Crippen molar-refractivity contribution in [2.45, 2.75) is 51.6 Å². The van der Waals surface area contributed by atoms with E-state index in [2.05, 4.69) is 49.5 Å². The topological polar surface area (TPSA) is 114 Å². The number of amides is 1. The number of alkyl halides is 6. The molecule has 2 aromatic heterocycles. The second-order valence-electron chi connectivity index (χ2n) is 11.0. The summed E-state index contributed by atoms with van der Waals surface area (Å²) in [6.45, 7) is 9.96. The third kappa shape index (κ3) is 8.47. The van der Waals surface area contributed by atoms with Crippen molar-refractivity contribution in [2.24, 2.45) is 10.8 Å².